The Morgan fingerprint density at radius 2 is 0.597 bits per heavy atom. The quantitative estimate of drug-likeness (QED) is 0.166. The van der Waals surface area contributed by atoms with Crippen LogP contribution in [0.3, 0.4) is 0 Å². The predicted molar refractivity (Wildman–Crippen MR) is 306 cm³/mol. The normalized spacial score (nSPS) is 11.6. The first-order valence-corrected chi connectivity index (χ1v) is 26.8. The first-order valence-electron chi connectivity index (χ1n) is 24.5. The molecule has 0 aliphatic heterocycles. The summed E-state index contributed by atoms with van der Waals surface area (Å²) in [6.45, 7) is 17.1. The first kappa shape index (κ1) is 45.3. The minimum absolute atomic E-state index is 0.812. The molecule has 0 bridgehead atoms. The van der Waals surface area contributed by atoms with Crippen molar-refractivity contribution in [2.45, 2.75) is 55.4 Å². The van der Waals surface area contributed by atoms with Crippen LogP contribution in [-0.2, 0) is 0 Å². The van der Waals surface area contributed by atoms with Gasteiger partial charge in [-0.05, 0) is 169 Å². The van der Waals surface area contributed by atoms with Gasteiger partial charge in [0.2, 0.25) is 0 Å². The zero-order chi connectivity index (χ0) is 49.4. The molecule has 2 N–H and O–H groups in total. The van der Waals surface area contributed by atoms with Crippen LogP contribution < -0.4 is 10.2 Å². The number of rotatable bonds is 7. The van der Waals surface area contributed by atoms with Crippen molar-refractivity contribution in [2.24, 2.45) is 0 Å². The largest absolute Gasteiger partial charge is 0.404 e. The molecule has 0 aliphatic rings. The number of anilines is 2. The highest BCUT2D eigenvalue weighted by Gasteiger charge is 2.27. The summed E-state index contributed by atoms with van der Waals surface area (Å²) in [5, 5.41) is 16.5. The number of hydrogen-bond acceptors (Lipinski definition) is 6. The summed E-state index contributed by atoms with van der Waals surface area (Å²) in [6.07, 6.45) is 0. The second-order valence-corrected chi connectivity index (χ2v) is 21.7. The highest BCUT2D eigenvalue weighted by atomic mass is 31.1. The molecule has 2 heterocycles. The van der Waals surface area contributed by atoms with Gasteiger partial charge in [-0.25, -0.2) is 0 Å². The van der Waals surface area contributed by atoms with Gasteiger partial charge in [-0.3, -0.25) is 10.2 Å². The molecule has 354 valence electrons. The lowest BCUT2D eigenvalue weighted by Crippen LogP contribution is -2.00. The fraction of sp³-hybridized carbons (Fsp3) is 0.125. The van der Waals surface area contributed by atoms with Crippen molar-refractivity contribution in [1.29, 1.82) is 0 Å². The van der Waals surface area contributed by atoms with Gasteiger partial charge in [0.05, 0.1) is 11.4 Å². The highest BCUT2D eigenvalue weighted by molar-refractivity contribution is 7.39. The van der Waals surface area contributed by atoms with E-state index in [1.165, 1.54) is 22.3 Å². The molecule has 2 aromatic heterocycles. The number of hydrogen-bond donors (Lipinski definition) is 2. The molecule has 72 heavy (non-hydrogen) atoms. The molecular formula is C64H54N2O4P2. The Morgan fingerprint density at radius 1 is 0.306 bits per heavy atom. The summed E-state index contributed by atoms with van der Waals surface area (Å²) in [7, 11) is -3.76. The van der Waals surface area contributed by atoms with E-state index in [0.717, 1.165) is 132 Å². The number of aryl methyl sites for hydroxylation is 8. The average Bonchev–Trinajstić information content (AvgIpc) is 3.62. The molecule has 0 saturated heterocycles. The third-order valence-corrected chi connectivity index (χ3v) is 16.1. The van der Waals surface area contributed by atoms with Crippen molar-refractivity contribution in [2.75, 3.05) is 10.2 Å². The van der Waals surface area contributed by atoms with Crippen LogP contribution in [0.25, 0.3) is 98.8 Å². The Balaban J connectivity index is 1.25. The SMILES string of the molecule is Cc1cc(C)c2op(Nc3c(-c4ccccc4)cc4ccccc4c3-c3c(Np4oc5c(C)cc(C)cc5c5cc(C)cc(C)c5o4)c(-c4ccccc4)cc4ccccc34)oc3c(C)cc(C)cc3c2c1. The Kier molecular flexibility index (Phi) is 11.4. The van der Waals surface area contributed by atoms with Crippen molar-refractivity contribution in [1.82, 2.24) is 0 Å². The predicted octanol–water partition coefficient (Wildman–Crippen LogP) is 20.4. The second-order valence-electron chi connectivity index (χ2n) is 19.5. The van der Waals surface area contributed by atoms with Gasteiger partial charge in [-0.1, -0.05) is 133 Å². The molecule has 0 radical (unpaired) electrons. The summed E-state index contributed by atoms with van der Waals surface area (Å²) >= 11 is 0. The molecule has 10 aromatic carbocycles. The number of nitrogens with one attached hydrogen (secondary N) is 2. The van der Waals surface area contributed by atoms with Crippen LogP contribution in [-0.4, -0.2) is 0 Å². The van der Waals surface area contributed by atoms with E-state index in [1.807, 2.05) is 0 Å². The van der Waals surface area contributed by atoms with Gasteiger partial charge < -0.3 is 16.8 Å². The Morgan fingerprint density at radius 3 is 0.917 bits per heavy atom. The lowest BCUT2D eigenvalue weighted by atomic mass is 9.85. The van der Waals surface area contributed by atoms with Crippen LogP contribution in [0.1, 0.15) is 44.5 Å². The summed E-state index contributed by atoms with van der Waals surface area (Å²) < 4.78 is 29.0. The van der Waals surface area contributed by atoms with Crippen LogP contribution in [0, 0.1) is 55.4 Å². The molecule has 0 atom stereocenters. The van der Waals surface area contributed by atoms with Gasteiger partial charge >= 0.3 is 16.3 Å². The molecule has 0 fully saturated rings. The van der Waals surface area contributed by atoms with Crippen molar-refractivity contribution >= 4 is 93.1 Å². The number of fused-ring (bicyclic) bond motifs is 8. The van der Waals surface area contributed by atoms with E-state index < -0.39 is 16.3 Å². The molecule has 12 rings (SSSR count). The summed E-state index contributed by atoms with van der Waals surface area (Å²) in [4.78, 5) is 0. The monoisotopic (exact) mass is 976 g/mol. The van der Waals surface area contributed by atoms with E-state index in [-0.39, 0.29) is 0 Å². The molecule has 6 nitrogen and oxygen atoms in total. The molecule has 0 aliphatic carbocycles. The lowest BCUT2D eigenvalue weighted by molar-refractivity contribution is 0.642. The van der Waals surface area contributed by atoms with Crippen LogP contribution in [0.15, 0.2) is 187 Å². The maximum absolute atomic E-state index is 7.25. The third-order valence-electron chi connectivity index (χ3n) is 13.9. The third kappa shape index (κ3) is 8.02. The van der Waals surface area contributed by atoms with Crippen molar-refractivity contribution < 1.29 is 16.8 Å². The van der Waals surface area contributed by atoms with E-state index in [4.69, 9.17) is 16.8 Å². The minimum Gasteiger partial charge on any atom is -0.404 e. The Labute approximate surface area is 421 Å². The molecule has 12 aromatic rings. The fourth-order valence-electron chi connectivity index (χ4n) is 10.9. The maximum Gasteiger partial charge on any atom is 0.338 e. The zero-order valence-corrected chi connectivity index (χ0v) is 43.5. The smallest absolute Gasteiger partial charge is 0.338 e. The molecule has 0 spiro atoms. The minimum atomic E-state index is -1.88. The van der Waals surface area contributed by atoms with E-state index in [9.17, 15) is 0 Å². The second kappa shape index (κ2) is 18.1. The van der Waals surface area contributed by atoms with Crippen molar-refractivity contribution in [3.63, 3.8) is 0 Å². The summed E-state index contributed by atoms with van der Waals surface area (Å²) in [5.74, 6) is 0. The van der Waals surface area contributed by atoms with Crippen LogP contribution in [0.2, 0.25) is 0 Å². The standard InChI is InChI=1S/C64H54N2O4P2/c1-37-27-41(5)61-53(31-37)54-32-38(2)28-42(6)62(54)68-71(67-61)65-59-51(45-19-11-9-12-20-45)35-47-23-15-17-25-49(47)57(59)58-50-26-18-16-24-48(50)36-52(46-21-13-10-14-22-46)60(58)66-72-69-63-43(7)29-39(3)33-55(63)56-34-40(4)30-44(8)64(56)70-72/h9-36,65-66H,1-8H3. The summed E-state index contributed by atoms with van der Waals surface area (Å²) in [6, 6.07) is 60.9. The van der Waals surface area contributed by atoms with Gasteiger partial charge in [0, 0.05) is 43.8 Å². The number of benzene rings is 10. The van der Waals surface area contributed by atoms with E-state index in [0.29, 0.717) is 0 Å². The van der Waals surface area contributed by atoms with Crippen LogP contribution in [0.5, 0.6) is 0 Å². The topological polar surface area (TPSA) is 76.6 Å². The van der Waals surface area contributed by atoms with E-state index >= 15 is 0 Å². The maximum atomic E-state index is 7.25. The molecule has 8 heteroatoms. The highest BCUT2D eigenvalue weighted by Crippen LogP contribution is 2.54. The zero-order valence-electron chi connectivity index (χ0n) is 41.7. The van der Waals surface area contributed by atoms with Gasteiger partial charge in [0.1, 0.15) is 22.3 Å². The Hall–Kier alpha value is -7.88. The van der Waals surface area contributed by atoms with Crippen molar-refractivity contribution in [3.8, 4) is 33.4 Å². The lowest BCUT2D eigenvalue weighted by Gasteiger charge is -2.24. The molecule has 0 amide bonds. The van der Waals surface area contributed by atoms with E-state index in [1.54, 1.807) is 0 Å². The molecule has 0 saturated carbocycles. The van der Waals surface area contributed by atoms with Gasteiger partial charge in [-0.2, -0.15) is 0 Å². The first-order chi connectivity index (χ1) is 34.9. The average molecular weight is 977 g/mol. The summed E-state index contributed by atoms with van der Waals surface area (Å²) in [5.41, 5.74) is 20.0. The molecule has 0 unspecified atom stereocenters. The molecular weight excluding hydrogens is 923 g/mol. The van der Waals surface area contributed by atoms with Crippen molar-refractivity contribution in [3.05, 3.63) is 214 Å². The van der Waals surface area contributed by atoms with Crippen LogP contribution in [0.4, 0.5) is 11.4 Å². The fourth-order valence-corrected chi connectivity index (χ4v) is 13.6. The van der Waals surface area contributed by atoms with E-state index in [2.05, 4.69) is 235 Å². The van der Waals surface area contributed by atoms with Gasteiger partial charge in [0.15, 0.2) is 0 Å². The van der Waals surface area contributed by atoms with Gasteiger partial charge in [0.25, 0.3) is 0 Å². The Bertz CT molecular complexity index is 3840. The van der Waals surface area contributed by atoms with Crippen LogP contribution >= 0.6 is 16.3 Å². The van der Waals surface area contributed by atoms with Gasteiger partial charge in [-0.15, -0.1) is 0 Å².